The van der Waals surface area contributed by atoms with Gasteiger partial charge < -0.3 is 9.84 Å². The third kappa shape index (κ3) is 3.02. The van der Waals surface area contributed by atoms with Crippen molar-refractivity contribution in [2.24, 2.45) is 0 Å². The van der Waals surface area contributed by atoms with E-state index in [0.29, 0.717) is 12.6 Å². The molecule has 0 amide bonds. The highest BCUT2D eigenvalue weighted by atomic mass is 16.5. The number of esters is 1. The Morgan fingerprint density at radius 3 is 2.83 bits per heavy atom. The predicted octanol–water partition coefficient (Wildman–Crippen LogP) is 0.0789. The van der Waals surface area contributed by atoms with E-state index in [2.05, 4.69) is 16.7 Å². The molecule has 0 aromatic heterocycles. The third-order valence-corrected chi connectivity index (χ3v) is 3.95. The van der Waals surface area contributed by atoms with Crippen molar-refractivity contribution >= 4 is 5.97 Å². The van der Waals surface area contributed by atoms with Crippen LogP contribution in [-0.4, -0.2) is 71.8 Å². The minimum atomic E-state index is -0.290. The predicted molar refractivity (Wildman–Crippen MR) is 68.3 cm³/mol. The Bertz CT molecular complexity index is 296. The minimum Gasteiger partial charge on any atom is -0.464 e. The van der Waals surface area contributed by atoms with E-state index in [4.69, 9.17) is 4.74 Å². The van der Waals surface area contributed by atoms with Gasteiger partial charge in [-0.3, -0.25) is 14.6 Å². The summed E-state index contributed by atoms with van der Waals surface area (Å²) in [5, 5.41) is 9.51. The monoisotopic (exact) mass is 256 g/mol. The molecule has 0 aromatic rings. The lowest BCUT2D eigenvalue weighted by Gasteiger charge is -2.43. The Balaban J connectivity index is 1.93. The standard InChI is InChI=1S/C13H24N2O3/c1-3-11-9-15(12-4-7-18-13(12)17)6-5-14(11)8-10(2)16/h10-12,16H,3-9H2,1-2H3/t10-,11+,12-/m0/s1. The van der Waals surface area contributed by atoms with Crippen molar-refractivity contribution in [1.82, 2.24) is 9.80 Å². The number of hydrogen-bond donors (Lipinski definition) is 1. The summed E-state index contributed by atoms with van der Waals surface area (Å²) in [4.78, 5) is 16.2. The van der Waals surface area contributed by atoms with Crippen LogP contribution in [0, 0.1) is 0 Å². The zero-order chi connectivity index (χ0) is 13.1. The highest BCUT2D eigenvalue weighted by molar-refractivity contribution is 5.77. The van der Waals surface area contributed by atoms with Crippen molar-refractivity contribution < 1.29 is 14.6 Å². The molecule has 0 bridgehead atoms. The smallest absolute Gasteiger partial charge is 0.323 e. The quantitative estimate of drug-likeness (QED) is 0.722. The molecular weight excluding hydrogens is 232 g/mol. The van der Waals surface area contributed by atoms with Gasteiger partial charge in [0, 0.05) is 38.6 Å². The number of rotatable bonds is 4. The number of aliphatic hydroxyl groups excluding tert-OH is 1. The van der Waals surface area contributed by atoms with Crippen LogP contribution < -0.4 is 0 Å². The Hall–Kier alpha value is -0.650. The topological polar surface area (TPSA) is 53.0 Å². The fourth-order valence-electron chi connectivity index (χ4n) is 2.98. The summed E-state index contributed by atoms with van der Waals surface area (Å²) in [6.45, 7) is 8.00. The summed E-state index contributed by atoms with van der Waals surface area (Å²) >= 11 is 0. The van der Waals surface area contributed by atoms with Crippen LogP contribution in [0.4, 0.5) is 0 Å². The Morgan fingerprint density at radius 2 is 2.28 bits per heavy atom. The number of carbonyl (C=O) groups is 1. The van der Waals surface area contributed by atoms with E-state index in [1.165, 1.54) is 0 Å². The van der Waals surface area contributed by atoms with Gasteiger partial charge in [0.15, 0.2) is 0 Å². The SMILES string of the molecule is CC[C@@H]1CN([C@H]2CCOC2=O)CCN1C[C@H](C)O. The van der Waals surface area contributed by atoms with Crippen LogP contribution in [0.1, 0.15) is 26.7 Å². The molecule has 3 atom stereocenters. The van der Waals surface area contributed by atoms with Gasteiger partial charge in [-0.05, 0) is 13.3 Å². The van der Waals surface area contributed by atoms with Crippen LogP contribution >= 0.6 is 0 Å². The fraction of sp³-hybridized carbons (Fsp3) is 0.923. The van der Waals surface area contributed by atoms with E-state index in [0.717, 1.165) is 39.0 Å². The van der Waals surface area contributed by atoms with E-state index >= 15 is 0 Å². The Kier molecular flexibility index (Phi) is 4.59. The summed E-state index contributed by atoms with van der Waals surface area (Å²) in [5.74, 6) is -0.0613. The highest BCUT2D eigenvalue weighted by Gasteiger charge is 2.36. The van der Waals surface area contributed by atoms with Crippen molar-refractivity contribution in [3.8, 4) is 0 Å². The van der Waals surface area contributed by atoms with Gasteiger partial charge in [0.05, 0.1) is 12.7 Å². The normalized spacial score (nSPS) is 32.5. The molecule has 0 saturated carbocycles. The molecular formula is C13H24N2O3. The summed E-state index contributed by atoms with van der Waals surface area (Å²) in [5.41, 5.74) is 0. The second-order valence-corrected chi connectivity index (χ2v) is 5.37. The molecule has 0 aliphatic carbocycles. The number of ether oxygens (including phenoxy) is 1. The maximum absolute atomic E-state index is 11.6. The van der Waals surface area contributed by atoms with E-state index < -0.39 is 0 Å². The van der Waals surface area contributed by atoms with Crippen LogP contribution in [0.2, 0.25) is 0 Å². The molecule has 104 valence electrons. The largest absolute Gasteiger partial charge is 0.464 e. The molecule has 0 aromatic carbocycles. The van der Waals surface area contributed by atoms with Gasteiger partial charge in [0.1, 0.15) is 6.04 Å². The van der Waals surface area contributed by atoms with Gasteiger partial charge in [-0.1, -0.05) is 6.92 Å². The molecule has 2 saturated heterocycles. The summed E-state index contributed by atoms with van der Waals surface area (Å²) < 4.78 is 5.04. The van der Waals surface area contributed by atoms with Crippen LogP contribution in [0.25, 0.3) is 0 Å². The molecule has 5 nitrogen and oxygen atoms in total. The number of piperazine rings is 1. The number of hydrogen-bond acceptors (Lipinski definition) is 5. The number of nitrogens with zero attached hydrogens (tertiary/aromatic N) is 2. The summed E-state index contributed by atoms with van der Waals surface area (Å²) in [7, 11) is 0. The first kappa shape index (κ1) is 13.8. The average Bonchev–Trinajstić information content (AvgIpc) is 2.75. The number of carbonyl (C=O) groups excluding carboxylic acids is 1. The van der Waals surface area contributed by atoms with Gasteiger partial charge in [-0.15, -0.1) is 0 Å². The zero-order valence-corrected chi connectivity index (χ0v) is 11.3. The molecule has 0 spiro atoms. The molecule has 0 unspecified atom stereocenters. The molecule has 18 heavy (non-hydrogen) atoms. The van der Waals surface area contributed by atoms with Gasteiger partial charge >= 0.3 is 5.97 Å². The molecule has 2 aliphatic rings. The van der Waals surface area contributed by atoms with Gasteiger partial charge in [-0.2, -0.15) is 0 Å². The maximum atomic E-state index is 11.6. The molecule has 0 radical (unpaired) electrons. The summed E-state index contributed by atoms with van der Waals surface area (Å²) in [6.07, 6.45) is 1.58. The lowest BCUT2D eigenvalue weighted by atomic mass is 10.1. The van der Waals surface area contributed by atoms with Gasteiger partial charge in [0.2, 0.25) is 0 Å². The Labute approximate surface area is 109 Å². The number of cyclic esters (lactones) is 1. The maximum Gasteiger partial charge on any atom is 0.323 e. The third-order valence-electron chi connectivity index (χ3n) is 3.95. The van der Waals surface area contributed by atoms with Gasteiger partial charge in [0.25, 0.3) is 0 Å². The lowest BCUT2D eigenvalue weighted by molar-refractivity contribution is -0.143. The van der Waals surface area contributed by atoms with Crippen LogP contribution in [-0.2, 0) is 9.53 Å². The minimum absolute atomic E-state index is 0.0345. The van der Waals surface area contributed by atoms with Crippen molar-refractivity contribution in [2.75, 3.05) is 32.8 Å². The lowest BCUT2D eigenvalue weighted by Crippen LogP contribution is -2.57. The van der Waals surface area contributed by atoms with Crippen molar-refractivity contribution in [3.63, 3.8) is 0 Å². The molecule has 2 heterocycles. The molecule has 1 N–H and O–H groups in total. The van der Waals surface area contributed by atoms with Crippen molar-refractivity contribution in [3.05, 3.63) is 0 Å². The van der Waals surface area contributed by atoms with E-state index in [1.807, 2.05) is 6.92 Å². The van der Waals surface area contributed by atoms with Crippen LogP contribution in [0.5, 0.6) is 0 Å². The molecule has 5 heteroatoms. The van der Waals surface area contributed by atoms with Crippen molar-refractivity contribution in [1.29, 1.82) is 0 Å². The number of β-amino-alcohol motifs (C(OH)–C–C–N with tert-alkyl or cyclic N) is 1. The molecule has 2 rings (SSSR count). The second kappa shape index (κ2) is 5.99. The van der Waals surface area contributed by atoms with Crippen LogP contribution in [0.3, 0.4) is 0 Å². The highest BCUT2D eigenvalue weighted by Crippen LogP contribution is 2.20. The zero-order valence-electron chi connectivity index (χ0n) is 11.3. The van der Waals surface area contributed by atoms with Crippen LogP contribution in [0.15, 0.2) is 0 Å². The first-order chi connectivity index (χ1) is 8.61. The molecule has 2 aliphatic heterocycles. The van der Waals surface area contributed by atoms with E-state index in [1.54, 1.807) is 0 Å². The fourth-order valence-corrected chi connectivity index (χ4v) is 2.98. The second-order valence-electron chi connectivity index (χ2n) is 5.37. The van der Waals surface area contributed by atoms with E-state index in [-0.39, 0.29) is 18.1 Å². The summed E-state index contributed by atoms with van der Waals surface area (Å²) in [6, 6.07) is 0.398. The Morgan fingerprint density at radius 1 is 1.50 bits per heavy atom. The van der Waals surface area contributed by atoms with E-state index in [9.17, 15) is 9.90 Å². The first-order valence-corrected chi connectivity index (χ1v) is 6.94. The first-order valence-electron chi connectivity index (χ1n) is 6.94. The molecule has 2 fully saturated rings. The number of aliphatic hydroxyl groups is 1. The van der Waals surface area contributed by atoms with Crippen molar-refractivity contribution in [2.45, 2.75) is 44.9 Å². The average molecular weight is 256 g/mol. The van der Waals surface area contributed by atoms with Gasteiger partial charge in [-0.25, -0.2) is 0 Å².